The van der Waals surface area contributed by atoms with E-state index < -0.39 is 59.8 Å². The van der Waals surface area contributed by atoms with Crippen LogP contribution in [0.4, 0.5) is 23.7 Å². The summed E-state index contributed by atoms with van der Waals surface area (Å²) in [6.07, 6.45) is -0.370. The summed E-state index contributed by atoms with van der Waals surface area (Å²) < 4.78 is 51.3. The van der Waals surface area contributed by atoms with Crippen molar-refractivity contribution in [3.05, 3.63) is 29.1 Å². The van der Waals surface area contributed by atoms with Gasteiger partial charge in [0.2, 0.25) is 11.8 Å². The minimum atomic E-state index is -3.13. The molecule has 3 saturated heterocycles. The Morgan fingerprint density at radius 2 is 1.75 bits per heavy atom. The van der Waals surface area contributed by atoms with E-state index in [4.69, 9.17) is 4.74 Å². The topological polar surface area (TPSA) is 102 Å². The summed E-state index contributed by atoms with van der Waals surface area (Å²) in [5, 5.41) is 2.23. The molecule has 10 nitrogen and oxygen atoms in total. The van der Waals surface area contributed by atoms with E-state index in [1.807, 2.05) is 0 Å². The van der Waals surface area contributed by atoms with Crippen molar-refractivity contribution in [2.75, 3.05) is 44.2 Å². The Kier molecular flexibility index (Phi) is 7.22. The predicted octanol–water partition coefficient (Wildman–Crippen LogP) is 2.35. The Hall–Kier alpha value is -3.35. The highest BCUT2D eigenvalue weighted by atomic mass is 19.3. The molecular formula is C27H34F3N5O5. The van der Waals surface area contributed by atoms with Gasteiger partial charge in [0.05, 0.1) is 24.8 Å². The van der Waals surface area contributed by atoms with Crippen molar-refractivity contribution in [2.45, 2.75) is 70.2 Å². The molecule has 5 rings (SSSR count). The van der Waals surface area contributed by atoms with E-state index in [1.54, 1.807) is 30.6 Å². The number of amides is 4. The number of fused-ring (bicyclic) bond motifs is 1. The van der Waals surface area contributed by atoms with E-state index >= 15 is 13.2 Å². The van der Waals surface area contributed by atoms with Gasteiger partial charge in [-0.25, -0.2) is 18.0 Å². The zero-order valence-electron chi connectivity index (χ0n) is 22.8. The second-order valence-electron chi connectivity index (χ2n) is 11.8. The van der Waals surface area contributed by atoms with Crippen LogP contribution in [0.15, 0.2) is 12.1 Å². The first-order chi connectivity index (χ1) is 18.7. The van der Waals surface area contributed by atoms with Crippen LogP contribution in [0.5, 0.6) is 0 Å². The smallest absolute Gasteiger partial charge is 0.410 e. The number of anilines is 1. The molecule has 4 aliphatic rings. The number of hydrogen-bond donors (Lipinski definition) is 1. The van der Waals surface area contributed by atoms with Crippen LogP contribution in [0.25, 0.3) is 0 Å². The van der Waals surface area contributed by atoms with Crippen LogP contribution >= 0.6 is 0 Å². The van der Waals surface area contributed by atoms with Gasteiger partial charge in [0, 0.05) is 50.3 Å². The average molecular weight is 566 g/mol. The highest BCUT2D eigenvalue weighted by Crippen LogP contribution is 2.36. The molecule has 0 aliphatic carbocycles. The quantitative estimate of drug-likeness (QED) is 0.562. The number of carbonyl (C=O) groups is 4. The summed E-state index contributed by atoms with van der Waals surface area (Å²) in [5.41, 5.74) is -0.123. The maximum atomic E-state index is 15.7. The van der Waals surface area contributed by atoms with E-state index in [1.165, 1.54) is 17.0 Å². The third kappa shape index (κ3) is 5.35. The second kappa shape index (κ2) is 10.2. The van der Waals surface area contributed by atoms with Gasteiger partial charge in [0.25, 0.3) is 11.8 Å². The van der Waals surface area contributed by atoms with Gasteiger partial charge in [0.1, 0.15) is 11.6 Å². The fraction of sp³-hybridized carbons (Fsp3) is 0.630. The highest BCUT2D eigenvalue weighted by Gasteiger charge is 2.50. The van der Waals surface area contributed by atoms with Gasteiger partial charge in [-0.15, -0.1) is 0 Å². The molecule has 3 fully saturated rings. The number of likely N-dealkylation sites (tertiary alicyclic amines) is 1. The SMILES string of the molecule is CC(C)(C)OC(=O)N1CCC(N2CCN(c3ccc4c(c3F)CN(C3CCC(=O)NC3=O)C4=O)CC2)C(F)(F)C1. The number of imide groups is 1. The number of piperidine rings is 2. The monoisotopic (exact) mass is 565 g/mol. The fourth-order valence-corrected chi connectivity index (χ4v) is 5.97. The van der Waals surface area contributed by atoms with Gasteiger partial charge in [-0.3, -0.25) is 24.6 Å². The standard InChI is InChI=1S/C27H34F3N5O5/c1-26(2,3)40-25(39)34-9-8-20(27(29,30)15-34)33-12-10-32(11-13-33)18-5-4-16-17(22(18)28)14-35(24(16)38)19-6-7-21(36)31-23(19)37/h4-5,19-20H,6-15H2,1-3H3,(H,31,36,37). The van der Waals surface area contributed by atoms with Crippen LogP contribution < -0.4 is 10.2 Å². The van der Waals surface area contributed by atoms with Gasteiger partial charge in [-0.05, 0) is 45.7 Å². The van der Waals surface area contributed by atoms with Crippen LogP contribution in [0.2, 0.25) is 0 Å². The van der Waals surface area contributed by atoms with Crippen molar-refractivity contribution >= 4 is 29.5 Å². The van der Waals surface area contributed by atoms with Gasteiger partial charge in [0.15, 0.2) is 5.82 Å². The van der Waals surface area contributed by atoms with E-state index in [-0.39, 0.29) is 62.3 Å². The number of nitrogens with zero attached hydrogens (tertiary/aromatic N) is 4. The highest BCUT2D eigenvalue weighted by molar-refractivity contribution is 6.05. The molecule has 4 heterocycles. The normalized spacial score (nSPS) is 25.6. The van der Waals surface area contributed by atoms with Gasteiger partial charge >= 0.3 is 6.09 Å². The molecule has 4 aliphatic heterocycles. The van der Waals surface area contributed by atoms with Crippen molar-refractivity contribution < 1.29 is 37.1 Å². The predicted molar refractivity (Wildman–Crippen MR) is 137 cm³/mol. The summed E-state index contributed by atoms with van der Waals surface area (Å²) in [6, 6.07) is 1.17. The first kappa shape index (κ1) is 28.2. The fourth-order valence-electron chi connectivity index (χ4n) is 5.97. The van der Waals surface area contributed by atoms with Crippen LogP contribution in [0.1, 0.15) is 56.0 Å². The van der Waals surface area contributed by atoms with Crippen molar-refractivity contribution in [2.24, 2.45) is 0 Å². The Morgan fingerprint density at radius 1 is 1.05 bits per heavy atom. The van der Waals surface area contributed by atoms with E-state index in [2.05, 4.69) is 5.32 Å². The molecule has 40 heavy (non-hydrogen) atoms. The number of alkyl halides is 2. The lowest BCUT2D eigenvalue weighted by Crippen LogP contribution is -2.62. The molecule has 2 atom stereocenters. The maximum Gasteiger partial charge on any atom is 0.410 e. The molecule has 1 aromatic rings. The van der Waals surface area contributed by atoms with Crippen molar-refractivity contribution in [3.8, 4) is 0 Å². The van der Waals surface area contributed by atoms with Gasteiger partial charge < -0.3 is 19.4 Å². The molecule has 13 heteroatoms. The third-order valence-electron chi connectivity index (χ3n) is 7.94. The molecule has 1 aromatic carbocycles. The summed E-state index contributed by atoms with van der Waals surface area (Å²) in [6.45, 7) is 5.60. The molecule has 0 bridgehead atoms. The zero-order chi connectivity index (χ0) is 29.0. The Balaban J connectivity index is 1.22. The molecule has 1 N–H and O–H groups in total. The first-order valence-electron chi connectivity index (χ1n) is 13.6. The summed E-state index contributed by atoms with van der Waals surface area (Å²) in [5.74, 6) is -5.12. The minimum absolute atomic E-state index is 0.0808. The number of ether oxygens (including phenoxy) is 1. The third-order valence-corrected chi connectivity index (χ3v) is 7.94. The number of rotatable bonds is 3. The molecular weight excluding hydrogens is 531 g/mol. The number of halogens is 3. The number of nitrogens with one attached hydrogen (secondary N) is 1. The summed E-state index contributed by atoms with van der Waals surface area (Å²) >= 11 is 0. The molecule has 0 spiro atoms. The van der Waals surface area contributed by atoms with Crippen LogP contribution in [-0.4, -0.2) is 101 Å². The van der Waals surface area contributed by atoms with Crippen molar-refractivity contribution in [1.82, 2.24) is 20.0 Å². The number of hydrogen-bond acceptors (Lipinski definition) is 7. The Morgan fingerprint density at radius 3 is 2.38 bits per heavy atom. The van der Waals surface area contributed by atoms with Crippen molar-refractivity contribution in [1.29, 1.82) is 0 Å². The number of carbonyl (C=O) groups excluding carboxylic acids is 4. The molecule has 0 aromatic heterocycles. The molecule has 0 saturated carbocycles. The Bertz CT molecular complexity index is 1230. The van der Waals surface area contributed by atoms with Gasteiger partial charge in [-0.2, -0.15) is 0 Å². The minimum Gasteiger partial charge on any atom is -0.444 e. The number of piperazine rings is 1. The van der Waals surface area contributed by atoms with E-state index in [0.717, 1.165) is 4.90 Å². The molecule has 0 radical (unpaired) electrons. The van der Waals surface area contributed by atoms with Gasteiger partial charge in [-0.1, -0.05) is 0 Å². The lowest BCUT2D eigenvalue weighted by molar-refractivity contribution is -0.136. The van der Waals surface area contributed by atoms with E-state index in [0.29, 0.717) is 13.1 Å². The largest absolute Gasteiger partial charge is 0.444 e. The molecule has 218 valence electrons. The summed E-state index contributed by atoms with van der Waals surface area (Å²) in [4.78, 5) is 54.9. The summed E-state index contributed by atoms with van der Waals surface area (Å²) in [7, 11) is 0. The van der Waals surface area contributed by atoms with Crippen LogP contribution in [0.3, 0.4) is 0 Å². The van der Waals surface area contributed by atoms with Crippen molar-refractivity contribution in [3.63, 3.8) is 0 Å². The zero-order valence-corrected chi connectivity index (χ0v) is 22.8. The number of benzene rings is 1. The maximum absolute atomic E-state index is 15.7. The Labute approximate surface area is 230 Å². The van der Waals surface area contributed by atoms with Crippen LogP contribution in [-0.2, 0) is 20.9 Å². The lowest BCUT2D eigenvalue weighted by atomic mass is 9.98. The van der Waals surface area contributed by atoms with Crippen LogP contribution in [0, 0.1) is 5.82 Å². The second-order valence-corrected chi connectivity index (χ2v) is 11.8. The lowest BCUT2D eigenvalue weighted by Gasteiger charge is -2.46. The first-order valence-corrected chi connectivity index (χ1v) is 13.6. The molecule has 4 amide bonds. The van der Waals surface area contributed by atoms with E-state index in [9.17, 15) is 19.2 Å². The average Bonchev–Trinajstić information content (AvgIpc) is 3.20. The molecule has 2 unspecified atom stereocenters.